The molecule has 57 heavy (non-hydrogen) atoms. The van der Waals surface area contributed by atoms with Crippen molar-refractivity contribution in [3.05, 3.63) is 94.4 Å². The van der Waals surface area contributed by atoms with Gasteiger partial charge in [-0.2, -0.15) is 18.2 Å². The maximum atomic E-state index is 15.5. The predicted molar refractivity (Wildman–Crippen MR) is 197 cm³/mol. The molecule has 5 amide bonds. The lowest BCUT2D eigenvalue weighted by Crippen LogP contribution is -2.54. The summed E-state index contributed by atoms with van der Waals surface area (Å²) in [6, 6.07) is 12.2. The number of aromatic nitrogens is 2. The van der Waals surface area contributed by atoms with Gasteiger partial charge in [0.05, 0.1) is 35.2 Å². The molecule has 0 bridgehead atoms. The number of hydrogen-bond donors (Lipinski definition) is 5. The first-order valence-electron chi connectivity index (χ1n) is 17.8. The van der Waals surface area contributed by atoms with Crippen LogP contribution in [0.2, 0.25) is 0 Å². The lowest BCUT2D eigenvalue weighted by atomic mass is 10.0. The maximum Gasteiger partial charge on any atom is 0.421 e. The standard InChI is InChI=1S/C38H35F4N9O6/c1-43-33(53)23-5-3-4-6-27(23)46-32-25(38(40,41)42)17-45-37(49-32)47-28-15-26(39)19(13-30(28)57-2)16-44-20-11-12-50(18-20)21-7-8-22-24(14-21)36(56)51(35(22)55)29-9-10-31(52)48-34(29)54/h3-8,13-15,17,20,29,44H,9-12,16,18H2,1-2H3,(H,43,53)(H,48,52,54)(H2,45,46,47,49)/t20-,29?/m1/s1. The molecule has 0 radical (unpaired) electrons. The Morgan fingerprint density at radius 2 is 1.75 bits per heavy atom. The SMILES string of the molecule is CNC(=O)c1ccccc1Nc1nc(Nc2cc(F)c(CN[C@@H]3CCN(c4ccc5c(c4)C(=O)N(C4CCC(=O)NC4=O)C5=O)C3)cc2OC)ncc1C(F)(F)F. The van der Waals surface area contributed by atoms with Gasteiger partial charge in [-0.25, -0.2) is 9.37 Å². The topological polar surface area (TPSA) is 187 Å². The average molecular weight is 790 g/mol. The molecule has 15 nitrogen and oxygen atoms in total. The number of para-hydroxylation sites is 1. The molecule has 2 saturated heterocycles. The molecular weight excluding hydrogens is 754 g/mol. The summed E-state index contributed by atoms with van der Waals surface area (Å²) in [4.78, 5) is 73.5. The van der Waals surface area contributed by atoms with Crippen LogP contribution in [0.3, 0.4) is 0 Å². The molecule has 1 unspecified atom stereocenters. The molecule has 0 spiro atoms. The van der Waals surface area contributed by atoms with Crippen LogP contribution in [0, 0.1) is 5.82 Å². The van der Waals surface area contributed by atoms with E-state index in [9.17, 15) is 37.1 Å². The third kappa shape index (κ3) is 7.77. The summed E-state index contributed by atoms with van der Waals surface area (Å²) in [5.74, 6) is -4.31. The van der Waals surface area contributed by atoms with E-state index >= 15 is 4.39 Å². The second-order valence-corrected chi connectivity index (χ2v) is 13.5. The van der Waals surface area contributed by atoms with Crippen LogP contribution in [-0.4, -0.2) is 83.7 Å². The summed E-state index contributed by atoms with van der Waals surface area (Å²) in [5, 5.41) is 13.3. The minimum absolute atomic E-state index is 0.0187. The Hall–Kier alpha value is -6.63. The van der Waals surface area contributed by atoms with Crippen LogP contribution in [0.1, 0.15) is 61.5 Å². The normalized spacial score (nSPS) is 18.1. The molecular formula is C38H35F4N9O6. The highest BCUT2D eigenvalue weighted by Crippen LogP contribution is 2.37. The van der Waals surface area contributed by atoms with Crippen molar-refractivity contribution in [2.45, 2.75) is 44.1 Å². The van der Waals surface area contributed by atoms with Gasteiger partial charge < -0.3 is 30.9 Å². The van der Waals surface area contributed by atoms with Gasteiger partial charge in [-0.05, 0) is 49.2 Å². The fourth-order valence-electron chi connectivity index (χ4n) is 6.99. The Kier molecular flexibility index (Phi) is 10.5. The molecule has 4 aromatic rings. The third-order valence-corrected chi connectivity index (χ3v) is 9.92. The Balaban J connectivity index is 1.02. The quantitative estimate of drug-likeness (QED) is 0.108. The number of nitrogens with one attached hydrogen (secondary N) is 5. The fraction of sp³-hybridized carbons (Fsp3) is 0.289. The highest BCUT2D eigenvalue weighted by molar-refractivity contribution is 6.23. The number of carbonyl (C=O) groups is 5. The minimum atomic E-state index is -4.85. The molecule has 0 aliphatic carbocycles. The highest BCUT2D eigenvalue weighted by Gasteiger charge is 2.45. The van der Waals surface area contributed by atoms with E-state index in [2.05, 4.69) is 36.6 Å². The van der Waals surface area contributed by atoms with Crippen molar-refractivity contribution < 1.29 is 46.3 Å². The second kappa shape index (κ2) is 15.5. The molecule has 4 heterocycles. The Labute approximate surface area is 322 Å². The number of methoxy groups -OCH3 is 1. The first kappa shape index (κ1) is 38.6. The van der Waals surface area contributed by atoms with Crippen LogP contribution in [0.5, 0.6) is 5.75 Å². The van der Waals surface area contributed by atoms with Crippen molar-refractivity contribution >= 4 is 58.4 Å². The molecule has 19 heteroatoms. The summed E-state index contributed by atoms with van der Waals surface area (Å²) in [5.41, 5.74) is 0.271. The van der Waals surface area contributed by atoms with Crippen molar-refractivity contribution in [2.75, 3.05) is 42.8 Å². The van der Waals surface area contributed by atoms with Crippen molar-refractivity contribution in [3.8, 4) is 5.75 Å². The minimum Gasteiger partial charge on any atom is -0.495 e. The van der Waals surface area contributed by atoms with Gasteiger partial charge in [0.15, 0.2) is 0 Å². The first-order chi connectivity index (χ1) is 27.2. The van der Waals surface area contributed by atoms with E-state index in [0.29, 0.717) is 31.4 Å². The summed E-state index contributed by atoms with van der Waals surface area (Å²) in [6.07, 6.45) is -3.54. The van der Waals surface area contributed by atoms with Gasteiger partial charge >= 0.3 is 6.18 Å². The molecule has 2 fully saturated rings. The number of anilines is 5. The zero-order chi connectivity index (χ0) is 40.6. The summed E-state index contributed by atoms with van der Waals surface area (Å²) in [7, 11) is 2.73. The average Bonchev–Trinajstić information content (AvgIpc) is 3.75. The number of benzene rings is 3. The zero-order valence-corrected chi connectivity index (χ0v) is 30.4. The zero-order valence-electron chi connectivity index (χ0n) is 30.4. The number of piperidine rings is 1. The summed E-state index contributed by atoms with van der Waals surface area (Å²) in [6.45, 7) is 1.17. The molecule has 3 aliphatic rings. The number of hydrogen-bond acceptors (Lipinski definition) is 12. The number of carbonyl (C=O) groups excluding carboxylic acids is 5. The summed E-state index contributed by atoms with van der Waals surface area (Å²) < 4.78 is 62.9. The van der Waals surface area contributed by atoms with Gasteiger partial charge in [0.25, 0.3) is 17.7 Å². The number of amides is 5. The van der Waals surface area contributed by atoms with E-state index in [4.69, 9.17) is 4.74 Å². The fourth-order valence-corrected chi connectivity index (χ4v) is 6.99. The number of imide groups is 2. The van der Waals surface area contributed by atoms with Crippen LogP contribution in [0.4, 0.5) is 46.4 Å². The molecule has 3 aliphatic heterocycles. The molecule has 1 aromatic heterocycles. The largest absolute Gasteiger partial charge is 0.495 e. The number of nitrogens with zero attached hydrogens (tertiary/aromatic N) is 4. The smallest absolute Gasteiger partial charge is 0.421 e. The van der Waals surface area contributed by atoms with Crippen molar-refractivity contribution in [1.29, 1.82) is 0 Å². The van der Waals surface area contributed by atoms with Gasteiger partial charge in [-0.15, -0.1) is 0 Å². The van der Waals surface area contributed by atoms with E-state index in [-0.39, 0.29) is 70.8 Å². The third-order valence-electron chi connectivity index (χ3n) is 9.92. The van der Waals surface area contributed by atoms with Gasteiger partial charge in [0.1, 0.15) is 29.0 Å². The molecule has 3 aromatic carbocycles. The number of fused-ring (bicyclic) bond motifs is 1. The molecule has 0 saturated carbocycles. The van der Waals surface area contributed by atoms with Gasteiger partial charge in [-0.3, -0.25) is 34.2 Å². The number of rotatable bonds is 11. The molecule has 7 rings (SSSR count). The van der Waals surface area contributed by atoms with Gasteiger partial charge in [-0.1, -0.05) is 12.1 Å². The predicted octanol–water partition coefficient (Wildman–Crippen LogP) is 4.26. The Morgan fingerprint density at radius 1 is 0.982 bits per heavy atom. The first-order valence-corrected chi connectivity index (χ1v) is 17.8. The molecule has 5 N–H and O–H groups in total. The number of ether oxygens (including phenoxy) is 1. The lowest BCUT2D eigenvalue weighted by Gasteiger charge is -2.27. The maximum absolute atomic E-state index is 15.5. The van der Waals surface area contributed by atoms with E-state index in [0.717, 1.165) is 11.0 Å². The Bertz CT molecular complexity index is 2310. The number of halogens is 4. The molecule has 2 atom stereocenters. The monoisotopic (exact) mass is 789 g/mol. The number of alkyl halides is 3. The van der Waals surface area contributed by atoms with Crippen molar-refractivity contribution in [2.24, 2.45) is 0 Å². The van der Waals surface area contributed by atoms with E-state index in [1.807, 2.05) is 4.90 Å². The van der Waals surface area contributed by atoms with E-state index in [1.54, 1.807) is 24.3 Å². The van der Waals surface area contributed by atoms with Crippen LogP contribution < -0.4 is 36.2 Å². The lowest BCUT2D eigenvalue weighted by molar-refractivity contribution is -0.138. The summed E-state index contributed by atoms with van der Waals surface area (Å²) >= 11 is 0. The second-order valence-electron chi connectivity index (χ2n) is 13.5. The van der Waals surface area contributed by atoms with Crippen LogP contribution >= 0.6 is 0 Å². The van der Waals surface area contributed by atoms with Gasteiger partial charge in [0, 0.05) is 62.7 Å². The van der Waals surface area contributed by atoms with E-state index < -0.39 is 59.0 Å². The van der Waals surface area contributed by atoms with Crippen LogP contribution in [0.25, 0.3) is 0 Å². The van der Waals surface area contributed by atoms with Crippen molar-refractivity contribution in [3.63, 3.8) is 0 Å². The van der Waals surface area contributed by atoms with Gasteiger partial charge in [0.2, 0.25) is 17.8 Å². The van der Waals surface area contributed by atoms with E-state index in [1.165, 1.54) is 38.4 Å². The van der Waals surface area contributed by atoms with Crippen LogP contribution in [-0.2, 0) is 22.3 Å². The Morgan fingerprint density at radius 3 is 2.49 bits per heavy atom. The highest BCUT2D eigenvalue weighted by atomic mass is 19.4. The van der Waals surface area contributed by atoms with Crippen molar-refractivity contribution in [1.82, 2.24) is 30.8 Å². The van der Waals surface area contributed by atoms with Crippen LogP contribution in [0.15, 0.2) is 60.8 Å². The molecule has 296 valence electrons.